The number of hydrogen-bond acceptors (Lipinski definition) is 15. The first-order valence-electron chi connectivity index (χ1n) is 15.6. The Morgan fingerprint density at radius 1 is 0.837 bits per heavy atom. The topological polar surface area (TPSA) is 200 Å². The summed E-state index contributed by atoms with van der Waals surface area (Å²) < 4.78 is 47.2. The summed E-state index contributed by atoms with van der Waals surface area (Å²) in [6.45, 7) is 4.87. The summed E-state index contributed by atoms with van der Waals surface area (Å²) in [4.78, 5) is 70.6. The number of aliphatic hydroxyl groups is 1. The maximum Gasteiger partial charge on any atom is 0.341 e. The molecule has 4 heterocycles. The fourth-order valence-corrected chi connectivity index (χ4v) is 7.75. The van der Waals surface area contributed by atoms with E-state index in [1.54, 1.807) is 13.8 Å². The van der Waals surface area contributed by atoms with E-state index in [-0.39, 0.29) is 29.5 Å². The van der Waals surface area contributed by atoms with Crippen LogP contribution >= 0.6 is 0 Å². The van der Waals surface area contributed by atoms with Crippen molar-refractivity contribution < 1.29 is 66.3 Å². The lowest BCUT2D eigenvalue weighted by atomic mass is 9.49. The summed E-state index contributed by atoms with van der Waals surface area (Å²) in [5.74, 6) is -5.33. The molecule has 2 aliphatic carbocycles. The van der Waals surface area contributed by atoms with Crippen LogP contribution < -0.4 is 0 Å². The van der Waals surface area contributed by atoms with Gasteiger partial charge in [-0.2, -0.15) is 0 Å². The number of esters is 5. The van der Waals surface area contributed by atoms with Crippen molar-refractivity contribution in [3.63, 3.8) is 0 Å². The SMILES string of the molecule is CC(=O)OC[C@@]12[C@@H](OC(=O)c3ccoc3)CC[C@H](O)C13OC(C)(C)C([C@@H](OC(=O)c1cccnc1)[C@H]2OC(=O)c1ccoc1)[C@H]3OC(C)=O. The zero-order chi connectivity index (χ0) is 35.1. The smallest absolute Gasteiger partial charge is 0.341 e. The molecule has 1 N–H and O–H groups in total. The molecule has 2 unspecified atom stereocenters. The molecule has 260 valence electrons. The van der Waals surface area contributed by atoms with Crippen molar-refractivity contribution in [2.45, 2.75) is 82.3 Å². The Bertz CT molecular complexity index is 1700. The first-order chi connectivity index (χ1) is 23.3. The van der Waals surface area contributed by atoms with E-state index in [0.29, 0.717) is 0 Å². The first-order valence-corrected chi connectivity index (χ1v) is 15.6. The van der Waals surface area contributed by atoms with Crippen LogP contribution in [0.5, 0.6) is 0 Å². The van der Waals surface area contributed by atoms with Gasteiger partial charge in [-0.3, -0.25) is 14.6 Å². The molecular weight excluding hydrogens is 646 g/mol. The molecule has 0 radical (unpaired) electrons. The van der Waals surface area contributed by atoms with Gasteiger partial charge >= 0.3 is 29.8 Å². The van der Waals surface area contributed by atoms with Crippen LogP contribution in [0.3, 0.4) is 0 Å². The predicted molar refractivity (Wildman–Crippen MR) is 161 cm³/mol. The fraction of sp³-hybridized carbons (Fsp3) is 0.471. The number of ether oxygens (including phenoxy) is 6. The largest absolute Gasteiger partial charge is 0.472 e. The van der Waals surface area contributed by atoms with Crippen molar-refractivity contribution in [3.8, 4) is 0 Å². The van der Waals surface area contributed by atoms with Crippen LogP contribution in [-0.2, 0) is 38.0 Å². The molecule has 3 fully saturated rings. The molecule has 49 heavy (non-hydrogen) atoms. The Morgan fingerprint density at radius 3 is 2.06 bits per heavy atom. The van der Waals surface area contributed by atoms with E-state index in [9.17, 15) is 29.1 Å². The highest BCUT2D eigenvalue weighted by atomic mass is 16.6. The Balaban J connectivity index is 1.62. The molecule has 15 nitrogen and oxygen atoms in total. The van der Waals surface area contributed by atoms with Gasteiger partial charge in [0.25, 0.3) is 0 Å². The summed E-state index contributed by atoms with van der Waals surface area (Å²) >= 11 is 0. The number of pyridine rings is 1. The number of rotatable bonds is 9. The average Bonchev–Trinajstić information content (AvgIpc) is 3.82. The first kappa shape index (κ1) is 33.9. The number of furan rings is 2. The summed E-state index contributed by atoms with van der Waals surface area (Å²) in [6.07, 6.45) is 0.0154. The van der Waals surface area contributed by atoms with Gasteiger partial charge in [0.2, 0.25) is 0 Å². The fourth-order valence-electron chi connectivity index (χ4n) is 7.75. The molecule has 1 aliphatic heterocycles. The third-order valence-corrected chi connectivity index (χ3v) is 9.59. The van der Waals surface area contributed by atoms with Crippen molar-refractivity contribution in [1.29, 1.82) is 0 Å². The highest BCUT2D eigenvalue weighted by Crippen LogP contribution is 2.67. The van der Waals surface area contributed by atoms with Gasteiger partial charge in [0, 0.05) is 26.2 Å². The second-order valence-corrected chi connectivity index (χ2v) is 12.8. The quantitative estimate of drug-likeness (QED) is 0.255. The number of carbonyl (C=O) groups excluding carboxylic acids is 5. The minimum atomic E-state index is -2.07. The van der Waals surface area contributed by atoms with E-state index in [0.717, 1.165) is 26.4 Å². The molecular formula is C34H35NO14. The number of carbonyl (C=O) groups is 5. The van der Waals surface area contributed by atoms with Gasteiger partial charge in [-0.05, 0) is 51.0 Å². The lowest BCUT2D eigenvalue weighted by Crippen LogP contribution is -2.80. The van der Waals surface area contributed by atoms with Crippen molar-refractivity contribution in [3.05, 3.63) is 78.4 Å². The van der Waals surface area contributed by atoms with E-state index < -0.39 is 89.5 Å². The zero-order valence-electron chi connectivity index (χ0n) is 27.1. The lowest BCUT2D eigenvalue weighted by molar-refractivity contribution is -0.322. The molecule has 0 aromatic carbocycles. The number of aromatic nitrogens is 1. The normalized spacial score (nSPS) is 31.1. The van der Waals surface area contributed by atoms with E-state index in [4.69, 9.17) is 37.3 Å². The van der Waals surface area contributed by atoms with E-state index in [2.05, 4.69) is 4.98 Å². The van der Waals surface area contributed by atoms with E-state index >= 15 is 0 Å². The van der Waals surface area contributed by atoms with Crippen molar-refractivity contribution in [2.75, 3.05) is 6.61 Å². The molecule has 6 rings (SSSR count). The van der Waals surface area contributed by atoms with Gasteiger partial charge in [-0.1, -0.05) is 0 Å². The Hall–Kier alpha value is -5.02. The van der Waals surface area contributed by atoms with E-state index in [1.807, 2.05) is 0 Å². The van der Waals surface area contributed by atoms with Crippen LogP contribution in [0, 0.1) is 11.3 Å². The van der Waals surface area contributed by atoms with E-state index in [1.165, 1.54) is 49.2 Å². The van der Waals surface area contributed by atoms with Gasteiger partial charge < -0.3 is 42.4 Å². The predicted octanol–water partition coefficient (Wildman–Crippen LogP) is 3.06. The molecule has 2 saturated carbocycles. The molecule has 15 heteroatoms. The summed E-state index contributed by atoms with van der Waals surface area (Å²) in [5, 5.41) is 12.1. The van der Waals surface area contributed by atoms with Crippen LogP contribution in [0.15, 0.2) is 70.5 Å². The third-order valence-electron chi connectivity index (χ3n) is 9.59. The monoisotopic (exact) mass is 681 g/mol. The summed E-state index contributed by atoms with van der Waals surface area (Å²) in [7, 11) is 0. The van der Waals surface area contributed by atoms with Gasteiger partial charge in [0.1, 0.15) is 48.5 Å². The highest BCUT2D eigenvalue weighted by Gasteiger charge is 2.85. The molecule has 1 spiro atoms. The van der Waals surface area contributed by atoms with Crippen LogP contribution in [0.1, 0.15) is 71.6 Å². The van der Waals surface area contributed by atoms with Crippen LogP contribution in [0.4, 0.5) is 0 Å². The number of hydrogen-bond donors (Lipinski definition) is 1. The molecule has 3 aromatic heterocycles. The average molecular weight is 682 g/mol. The summed E-state index contributed by atoms with van der Waals surface area (Å²) in [6, 6.07) is 5.70. The Labute approximate surface area is 279 Å². The number of nitrogens with zero attached hydrogens (tertiary/aromatic N) is 1. The highest BCUT2D eigenvalue weighted by molar-refractivity contribution is 5.90. The molecule has 1 saturated heterocycles. The lowest BCUT2D eigenvalue weighted by Gasteiger charge is -2.62. The molecule has 8 atom stereocenters. The van der Waals surface area contributed by atoms with Crippen LogP contribution in [0.2, 0.25) is 0 Å². The molecule has 2 bridgehead atoms. The molecule has 3 aliphatic rings. The zero-order valence-corrected chi connectivity index (χ0v) is 27.1. The van der Waals surface area contributed by atoms with Crippen LogP contribution in [0.25, 0.3) is 0 Å². The van der Waals surface area contributed by atoms with Gasteiger partial charge in [0.15, 0.2) is 6.10 Å². The summed E-state index contributed by atoms with van der Waals surface area (Å²) in [5.41, 5.74) is -5.45. The second kappa shape index (κ2) is 12.8. The van der Waals surface area contributed by atoms with Crippen molar-refractivity contribution >= 4 is 29.8 Å². The molecule has 3 aromatic rings. The van der Waals surface area contributed by atoms with Crippen molar-refractivity contribution in [2.24, 2.45) is 11.3 Å². The number of fused-ring (bicyclic) bond motifs is 1. The third kappa shape index (κ3) is 5.65. The van der Waals surface area contributed by atoms with Gasteiger partial charge in [0.05, 0.1) is 46.8 Å². The molecule has 0 amide bonds. The minimum absolute atomic E-state index is 0.0213. The van der Waals surface area contributed by atoms with Gasteiger partial charge in [-0.15, -0.1) is 0 Å². The van der Waals surface area contributed by atoms with Gasteiger partial charge in [-0.25, -0.2) is 14.4 Å². The van der Waals surface area contributed by atoms with Crippen molar-refractivity contribution in [1.82, 2.24) is 4.98 Å². The Kier molecular flexibility index (Phi) is 8.83. The minimum Gasteiger partial charge on any atom is -0.472 e. The van der Waals surface area contributed by atoms with Crippen LogP contribution in [-0.4, -0.2) is 88.3 Å². The maximum absolute atomic E-state index is 13.8. The number of aliphatic hydroxyl groups excluding tert-OH is 1. The Morgan fingerprint density at radius 2 is 1.49 bits per heavy atom. The standard InChI is InChI=1S/C34H35NO14/c1-18(36)44-17-33-24(46-30(40)21-9-12-42-15-21)8-7-23(38)34(33)27(45-19(2)37)25(32(3,4)49-34)26(47-29(39)20-6-5-11-35-14-20)28(33)48-31(41)22-10-13-43-16-22/h5-6,9-16,23-28,38H,7-8,17H2,1-4H3/t23-,24-,25?,26+,27+,28+,33-,34?/m0/s1. The maximum atomic E-state index is 13.8. The second-order valence-electron chi connectivity index (χ2n) is 12.8.